The number of carboxylic acid groups (broad SMARTS) is 1. The molecule has 2 amide bonds. The van der Waals surface area contributed by atoms with Crippen molar-refractivity contribution in [1.82, 2.24) is 15.5 Å². The molecule has 0 aromatic heterocycles. The number of nitrogens with zero attached hydrogens (tertiary/aromatic N) is 1. The summed E-state index contributed by atoms with van der Waals surface area (Å²) in [5, 5.41) is 16.7. The summed E-state index contributed by atoms with van der Waals surface area (Å²) in [6.07, 6.45) is 0. The minimum Gasteiger partial charge on any atom is -0.548 e. The summed E-state index contributed by atoms with van der Waals surface area (Å²) in [5.41, 5.74) is 0. The molecule has 0 aromatic rings. The smallest absolute Gasteiger partial charge is 0.548 e. The van der Waals surface area contributed by atoms with Crippen molar-refractivity contribution >= 4 is 41.3 Å². The van der Waals surface area contributed by atoms with Crippen molar-refractivity contribution in [2.45, 2.75) is 42.1 Å². The number of thioether (sulfide) groups is 2. The molecule has 1 unspecified atom stereocenters. The van der Waals surface area contributed by atoms with Gasteiger partial charge in [0, 0.05) is 16.4 Å². The number of rotatable bonds is 3. The van der Waals surface area contributed by atoms with Gasteiger partial charge in [0.1, 0.15) is 11.4 Å². The predicted molar refractivity (Wildman–Crippen MR) is 77.3 cm³/mol. The summed E-state index contributed by atoms with van der Waals surface area (Å²) in [4.78, 5) is 36.8. The van der Waals surface area contributed by atoms with Crippen molar-refractivity contribution in [3.63, 3.8) is 0 Å². The Kier molecular flexibility index (Phi) is 5.46. The van der Waals surface area contributed by atoms with E-state index < -0.39 is 22.8 Å². The Morgan fingerprint density at radius 3 is 2.68 bits per heavy atom. The van der Waals surface area contributed by atoms with E-state index in [1.807, 2.05) is 0 Å². The van der Waals surface area contributed by atoms with Crippen LogP contribution in [0.2, 0.25) is 0 Å². The molecule has 0 aromatic carbocycles. The van der Waals surface area contributed by atoms with Crippen LogP contribution in [0.3, 0.4) is 0 Å². The summed E-state index contributed by atoms with van der Waals surface area (Å²) in [7, 11) is 0. The molecular formula is C12H16N3NaO4S2. The predicted octanol–water partition coefficient (Wildman–Crippen LogP) is -5.05. The zero-order valence-corrected chi connectivity index (χ0v) is 16.3. The molecule has 0 spiro atoms. The van der Waals surface area contributed by atoms with Gasteiger partial charge in [-0.25, -0.2) is 0 Å². The number of aliphatic carboxylic acids is 1. The maximum atomic E-state index is 12.2. The number of hydrogen-bond donors (Lipinski definition) is 2. The molecule has 0 saturated carbocycles. The van der Waals surface area contributed by atoms with E-state index in [0.717, 1.165) is 5.88 Å². The zero-order valence-electron chi connectivity index (χ0n) is 12.6. The largest absolute Gasteiger partial charge is 1.00 e. The quantitative estimate of drug-likeness (QED) is 0.387. The topological polar surface area (TPSA) is 102 Å². The average molecular weight is 353 g/mol. The SMILES string of the molecule is CC1(C)S[C@@H]2[C@H](NC(=O)C3CSCN3)C(=O)N2[C@H]1C(=O)[O-].[Na+]. The molecule has 3 rings (SSSR count). The third-order valence-corrected chi connectivity index (χ3v) is 6.51. The van der Waals surface area contributed by atoms with Crippen LogP contribution in [0.15, 0.2) is 0 Å². The van der Waals surface area contributed by atoms with Crippen molar-refractivity contribution in [2.75, 3.05) is 11.6 Å². The number of fused-ring (bicyclic) bond motifs is 1. The van der Waals surface area contributed by atoms with E-state index in [1.54, 1.807) is 25.6 Å². The number of amides is 2. The number of carboxylic acids is 1. The monoisotopic (exact) mass is 353 g/mol. The molecule has 2 N–H and O–H groups in total. The first kappa shape index (κ1) is 18.4. The summed E-state index contributed by atoms with van der Waals surface area (Å²) in [5.74, 6) is -0.385. The minimum absolute atomic E-state index is 0. The second-order valence-electron chi connectivity index (χ2n) is 5.84. The van der Waals surface area contributed by atoms with Gasteiger partial charge < -0.3 is 20.1 Å². The van der Waals surface area contributed by atoms with E-state index in [1.165, 1.54) is 16.7 Å². The molecule has 3 heterocycles. The van der Waals surface area contributed by atoms with Gasteiger partial charge >= 0.3 is 29.6 Å². The van der Waals surface area contributed by atoms with Gasteiger partial charge in [-0.3, -0.25) is 14.9 Å². The van der Waals surface area contributed by atoms with E-state index in [9.17, 15) is 19.5 Å². The van der Waals surface area contributed by atoms with Crippen LogP contribution in [0, 0.1) is 0 Å². The molecular weight excluding hydrogens is 337 g/mol. The third-order valence-electron chi connectivity index (χ3n) is 3.99. The summed E-state index contributed by atoms with van der Waals surface area (Å²) < 4.78 is -0.625. The van der Waals surface area contributed by atoms with Gasteiger partial charge in [-0.05, 0) is 13.8 Å². The molecule has 3 aliphatic rings. The number of hydrogen-bond acceptors (Lipinski definition) is 7. The molecule has 3 aliphatic heterocycles. The summed E-state index contributed by atoms with van der Waals surface area (Å²) in [6.45, 7) is 3.55. The molecule has 0 aliphatic carbocycles. The van der Waals surface area contributed by atoms with Crippen LogP contribution >= 0.6 is 23.5 Å². The molecule has 7 nitrogen and oxygen atoms in total. The van der Waals surface area contributed by atoms with Gasteiger partial charge in [-0.15, -0.1) is 23.5 Å². The average Bonchev–Trinajstić information content (AvgIpc) is 3.00. The van der Waals surface area contributed by atoms with Gasteiger partial charge in [0.25, 0.3) is 0 Å². The standard InChI is InChI=1S/C12H17N3O4S2.Na/c1-12(2)7(11(18)19)15-9(17)6(10(15)21-12)14-8(16)5-3-20-4-13-5;/h5-7,10,13H,3-4H2,1-2H3,(H,14,16)(H,18,19);/q;+1/p-1/t5?,6-,7+,10-;/m1./s1. The van der Waals surface area contributed by atoms with Crippen LogP contribution in [0.25, 0.3) is 0 Å². The van der Waals surface area contributed by atoms with Crippen molar-refractivity contribution in [3.8, 4) is 0 Å². The van der Waals surface area contributed by atoms with Gasteiger partial charge in [-0.2, -0.15) is 0 Å². The minimum atomic E-state index is -1.25. The Bertz CT molecular complexity index is 513. The fourth-order valence-corrected chi connectivity index (χ4v) is 5.51. The van der Waals surface area contributed by atoms with Gasteiger partial charge in [-0.1, -0.05) is 0 Å². The van der Waals surface area contributed by atoms with Crippen molar-refractivity contribution in [1.29, 1.82) is 0 Å². The van der Waals surface area contributed by atoms with E-state index in [4.69, 9.17) is 0 Å². The molecule has 22 heavy (non-hydrogen) atoms. The van der Waals surface area contributed by atoms with Gasteiger partial charge in [0.15, 0.2) is 0 Å². The fourth-order valence-electron chi connectivity index (χ4n) is 2.94. The Morgan fingerprint density at radius 1 is 1.45 bits per heavy atom. The van der Waals surface area contributed by atoms with E-state index in [0.29, 0.717) is 5.75 Å². The van der Waals surface area contributed by atoms with Crippen LogP contribution in [-0.2, 0) is 14.4 Å². The van der Waals surface area contributed by atoms with Crippen molar-refractivity contribution in [3.05, 3.63) is 0 Å². The first-order chi connectivity index (χ1) is 9.83. The Balaban J connectivity index is 0.00000176. The number of β-lactam (4-membered cyclic amide) rings is 1. The third kappa shape index (κ3) is 2.91. The number of carbonyl (C=O) groups excluding carboxylic acids is 3. The Morgan fingerprint density at radius 2 is 2.14 bits per heavy atom. The molecule has 0 radical (unpaired) electrons. The molecule has 4 atom stereocenters. The van der Waals surface area contributed by atoms with E-state index in [2.05, 4.69) is 10.6 Å². The first-order valence-corrected chi connectivity index (χ1v) is 8.69. The van der Waals surface area contributed by atoms with Gasteiger partial charge in [0.05, 0.1) is 18.1 Å². The summed E-state index contributed by atoms with van der Waals surface area (Å²) in [6, 6.07) is -1.87. The number of carbonyl (C=O) groups is 3. The van der Waals surface area contributed by atoms with Crippen molar-refractivity contribution < 1.29 is 49.0 Å². The molecule has 10 heteroatoms. The molecule has 116 valence electrons. The second kappa shape index (κ2) is 6.52. The van der Waals surface area contributed by atoms with Crippen LogP contribution < -0.4 is 45.3 Å². The maximum absolute atomic E-state index is 12.2. The molecule has 3 fully saturated rings. The molecule has 0 bridgehead atoms. The van der Waals surface area contributed by atoms with E-state index in [-0.39, 0.29) is 52.8 Å². The van der Waals surface area contributed by atoms with E-state index >= 15 is 0 Å². The normalized spacial score (nSPS) is 35.4. The first-order valence-electron chi connectivity index (χ1n) is 6.65. The Hall–Kier alpha value is 0.0700. The van der Waals surface area contributed by atoms with Gasteiger partial charge in [0.2, 0.25) is 11.8 Å². The zero-order chi connectivity index (χ0) is 15.4. The fraction of sp³-hybridized carbons (Fsp3) is 0.750. The van der Waals surface area contributed by atoms with Crippen LogP contribution in [0.1, 0.15) is 13.8 Å². The molecule has 3 saturated heterocycles. The summed E-state index contributed by atoms with van der Waals surface area (Å²) >= 11 is 3.02. The van der Waals surface area contributed by atoms with Crippen LogP contribution in [0.5, 0.6) is 0 Å². The maximum Gasteiger partial charge on any atom is 1.00 e. The van der Waals surface area contributed by atoms with Crippen molar-refractivity contribution in [2.24, 2.45) is 0 Å². The van der Waals surface area contributed by atoms with Crippen LogP contribution in [-0.4, -0.2) is 62.6 Å². The second-order valence-corrected chi connectivity index (χ2v) is 8.64. The Labute approximate surface area is 159 Å². The number of nitrogens with one attached hydrogen (secondary N) is 2. The van der Waals surface area contributed by atoms with Crippen LogP contribution in [0.4, 0.5) is 0 Å².